The Balaban J connectivity index is 1.71. The Bertz CT molecular complexity index is 554. The van der Waals surface area contributed by atoms with Crippen LogP contribution in [0, 0.1) is 0 Å². The first-order valence-electron chi connectivity index (χ1n) is 6.19. The number of carbonyl (C=O) groups is 1. The second kappa shape index (κ2) is 5.37. The van der Waals surface area contributed by atoms with Gasteiger partial charge in [0.25, 0.3) is 0 Å². The Morgan fingerprint density at radius 2 is 1.47 bits per heavy atom. The van der Waals surface area contributed by atoms with Crippen molar-refractivity contribution in [3.05, 3.63) is 0 Å². The Kier molecular flexibility index (Phi) is 4.17. The molecule has 0 aromatic rings. The van der Waals surface area contributed by atoms with Crippen LogP contribution in [0.4, 0.5) is 0 Å². The standard InChI is InChI=1S/C10H18N2O5S2/c13-10(12-9-2-4-19(16,17)7-9)5-11-8-1-3-18(14,15)6-8/h8-9,11H,1-7H2,(H,12,13). The lowest BCUT2D eigenvalue weighted by atomic mass is 10.2. The van der Waals surface area contributed by atoms with Crippen molar-refractivity contribution in [2.75, 3.05) is 29.6 Å². The number of sulfone groups is 2. The number of carbonyl (C=O) groups excluding carboxylic acids is 1. The molecule has 0 saturated carbocycles. The summed E-state index contributed by atoms with van der Waals surface area (Å²) in [4.78, 5) is 11.6. The van der Waals surface area contributed by atoms with Gasteiger partial charge in [0.15, 0.2) is 19.7 Å². The number of amides is 1. The lowest BCUT2D eigenvalue weighted by Crippen LogP contribution is -2.44. The van der Waals surface area contributed by atoms with Gasteiger partial charge in [0.05, 0.1) is 29.6 Å². The molecule has 0 radical (unpaired) electrons. The smallest absolute Gasteiger partial charge is 0.234 e. The summed E-state index contributed by atoms with van der Waals surface area (Å²) in [5, 5.41) is 5.54. The molecule has 2 saturated heterocycles. The van der Waals surface area contributed by atoms with Gasteiger partial charge in [-0.1, -0.05) is 0 Å². The first-order valence-corrected chi connectivity index (χ1v) is 9.84. The first-order chi connectivity index (χ1) is 8.76. The summed E-state index contributed by atoms with van der Waals surface area (Å²) < 4.78 is 44.9. The zero-order valence-electron chi connectivity index (χ0n) is 10.5. The molecule has 2 atom stereocenters. The van der Waals surface area contributed by atoms with E-state index in [0.717, 1.165) is 0 Å². The van der Waals surface area contributed by atoms with Gasteiger partial charge in [0.2, 0.25) is 5.91 Å². The van der Waals surface area contributed by atoms with E-state index in [1.54, 1.807) is 0 Å². The molecule has 0 aliphatic carbocycles. The molecule has 0 bridgehead atoms. The van der Waals surface area contributed by atoms with Crippen LogP contribution in [0.2, 0.25) is 0 Å². The molecule has 110 valence electrons. The Labute approximate surface area is 113 Å². The predicted molar refractivity (Wildman–Crippen MR) is 70.3 cm³/mol. The van der Waals surface area contributed by atoms with E-state index < -0.39 is 19.7 Å². The van der Waals surface area contributed by atoms with Crippen molar-refractivity contribution in [1.82, 2.24) is 10.6 Å². The molecular formula is C10H18N2O5S2. The summed E-state index contributed by atoms with van der Waals surface area (Å²) in [6.07, 6.45) is 0.972. The van der Waals surface area contributed by atoms with Crippen LogP contribution < -0.4 is 10.6 Å². The van der Waals surface area contributed by atoms with Gasteiger partial charge < -0.3 is 10.6 Å². The first kappa shape index (κ1) is 14.7. The predicted octanol–water partition coefficient (Wildman–Crippen LogP) is -1.93. The van der Waals surface area contributed by atoms with E-state index in [4.69, 9.17) is 0 Å². The maximum Gasteiger partial charge on any atom is 0.234 e. The quantitative estimate of drug-likeness (QED) is 0.626. The third kappa shape index (κ3) is 4.43. The summed E-state index contributed by atoms with van der Waals surface area (Å²) in [5.74, 6) is 0.0556. The third-order valence-corrected chi connectivity index (χ3v) is 6.92. The Morgan fingerprint density at radius 3 is 1.95 bits per heavy atom. The van der Waals surface area contributed by atoms with Crippen molar-refractivity contribution < 1.29 is 21.6 Å². The highest BCUT2D eigenvalue weighted by atomic mass is 32.2. The van der Waals surface area contributed by atoms with Crippen LogP contribution in [0.15, 0.2) is 0 Å². The average Bonchev–Trinajstić information content (AvgIpc) is 2.78. The zero-order valence-corrected chi connectivity index (χ0v) is 12.1. The molecule has 0 aromatic heterocycles. The van der Waals surface area contributed by atoms with Gasteiger partial charge in [-0.25, -0.2) is 16.8 Å². The van der Waals surface area contributed by atoms with Crippen molar-refractivity contribution in [1.29, 1.82) is 0 Å². The lowest BCUT2D eigenvalue weighted by Gasteiger charge is -2.13. The normalized spacial score (nSPS) is 32.2. The van der Waals surface area contributed by atoms with E-state index in [1.165, 1.54) is 0 Å². The van der Waals surface area contributed by atoms with Crippen LogP contribution >= 0.6 is 0 Å². The summed E-state index contributed by atoms with van der Waals surface area (Å²) in [6.45, 7) is 0.0245. The maximum atomic E-state index is 11.6. The highest BCUT2D eigenvalue weighted by molar-refractivity contribution is 7.91. The molecule has 7 nitrogen and oxygen atoms in total. The number of nitrogens with one attached hydrogen (secondary N) is 2. The summed E-state index contributed by atoms with van der Waals surface area (Å²) >= 11 is 0. The summed E-state index contributed by atoms with van der Waals surface area (Å²) in [7, 11) is -5.96. The molecule has 2 aliphatic heterocycles. The minimum atomic E-state index is -3.00. The van der Waals surface area contributed by atoms with Crippen molar-refractivity contribution in [2.24, 2.45) is 0 Å². The molecule has 19 heavy (non-hydrogen) atoms. The van der Waals surface area contributed by atoms with E-state index in [1.807, 2.05) is 0 Å². The molecule has 1 amide bonds. The molecular weight excluding hydrogens is 292 g/mol. The molecule has 2 heterocycles. The van der Waals surface area contributed by atoms with Gasteiger partial charge in [-0.2, -0.15) is 0 Å². The van der Waals surface area contributed by atoms with Gasteiger partial charge in [-0.05, 0) is 12.8 Å². The Morgan fingerprint density at radius 1 is 0.947 bits per heavy atom. The highest BCUT2D eigenvalue weighted by Gasteiger charge is 2.30. The van der Waals surface area contributed by atoms with Crippen molar-refractivity contribution >= 4 is 25.6 Å². The van der Waals surface area contributed by atoms with Gasteiger partial charge in [0, 0.05) is 12.1 Å². The third-order valence-electron chi connectivity index (χ3n) is 3.38. The van der Waals surface area contributed by atoms with Gasteiger partial charge in [0.1, 0.15) is 0 Å². The fourth-order valence-corrected chi connectivity index (χ4v) is 5.76. The van der Waals surface area contributed by atoms with Crippen molar-refractivity contribution in [3.63, 3.8) is 0 Å². The van der Waals surface area contributed by atoms with Crippen LogP contribution in [0.5, 0.6) is 0 Å². The second-order valence-corrected chi connectivity index (χ2v) is 9.61. The summed E-state index contributed by atoms with van der Waals surface area (Å²) in [6, 6.07) is -0.491. The van der Waals surface area contributed by atoms with Crippen molar-refractivity contribution in [2.45, 2.75) is 24.9 Å². The van der Waals surface area contributed by atoms with E-state index in [0.29, 0.717) is 12.8 Å². The minimum Gasteiger partial charge on any atom is -0.351 e. The molecule has 0 aromatic carbocycles. The maximum absolute atomic E-state index is 11.6. The minimum absolute atomic E-state index is 0.00342. The van der Waals surface area contributed by atoms with Gasteiger partial charge in [-0.15, -0.1) is 0 Å². The lowest BCUT2D eigenvalue weighted by molar-refractivity contribution is -0.120. The largest absolute Gasteiger partial charge is 0.351 e. The van der Waals surface area contributed by atoms with Crippen LogP contribution in [0.25, 0.3) is 0 Å². The molecule has 2 unspecified atom stereocenters. The average molecular weight is 310 g/mol. The molecule has 2 fully saturated rings. The molecule has 2 rings (SSSR count). The van der Waals surface area contributed by atoms with Gasteiger partial charge in [-0.3, -0.25) is 4.79 Å². The van der Waals surface area contributed by atoms with E-state index in [-0.39, 0.29) is 47.5 Å². The van der Waals surface area contributed by atoms with E-state index in [9.17, 15) is 21.6 Å². The number of rotatable bonds is 4. The SMILES string of the molecule is O=C(CNC1CCS(=O)(=O)C1)NC1CCS(=O)(=O)C1. The summed E-state index contributed by atoms with van der Waals surface area (Å²) in [5.41, 5.74) is 0. The highest BCUT2D eigenvalue weighted by Crippen LogP contribution is 2.12. The van der Waals surface area contributed by atoms with Crippen LogP contribution in [-0.4, -0.2) is 64.4 Å². The van der Waals surface area contributed by atoms with Crippen LogP contribution in [-0.2, 0) is 24.5 Å². The second-order valence-electron chi connectivity index (χ2n) is 5.15. The molecule has 2 N–H and O–H groups in total. The fourth-order valence-electron chi connectivity index (χ4n) is 2.38. The van der Waals surface area contributed by atoms with E-state index in [2.05, 4.69) is 10.6 Å². The molecule has 9 heteroatoms. The fraction of sp³-hybridized carbons (Fsp3) is 0.900. The monoisotopic (exact) mass is 310 g/mol. The zero-order chi connectivity index (χ0) is 14.1. The van der Waals surface area contributed by atoms with Crippen LogP contribution in [0.1, 0.15) is 12.8 Å². The van der Waals surface area contributed by atoms with Crippen LogP contribution in [0.3, 0.4) is 0 Å². The molecule has 0 spiro atoms. The number of hydrogen-bond donors (Lipinski definition) is 2. The topological polar surface area (TPSA) is 109 Å². The Hall–Kier alpha value is -0.670. The van der Waals surface area contributed by atoms with Crippen molar-refractivity contribution in [3.8, 4) is 0 Å². The molecule has 2 aliphatic rings. The van der Waals surface area contributed by atoms with E-state index >= 15 is 0 Å². The number of hydrogen-bond acceptors (Lipinski definition) is 6. The van der Waals surface area contributed by atoms with Gasteiger partial charge >= 0.3 is 0 Å².